The largest absolute Gasteiger partial charge is 0.480 e. The van der Waals surface area contributed by atoms with E-state index in [0.717, 1.165) is 60.3 Å². The minimum Gasteiger partial charge on any atom is -0.480 e. The predicted octanol–water partition coefficient (Wildman–Crippen LogP) is 3.34. The summed E-state index contributed by atoms with van der Waals surface area (Å²) in [6.07, 6.45) is 2.01. The van der Waals surface area contributed by atoms with Gasteiger partial charge in [0.1, 0.15) is 5.82 Å². The van der Waals surface area contributed by atoms with Crippen LogP contribution in [-0.2, 0) is 4.79 Å². The number of benzene rings is 1. The summed E-state index contributed by atoms with van der Waals surface area (Å²) >= 11 is 1.59. The highest BCUT2D eigenvalue weighted by Crippen LogP contribution is 2.36. The van der Waals surface area contributed by atoms with Gasteiger partial charge >= 0.3 is 0 Å². The molecule has 28 heavy (non-hydrogen) atoms. The first kappa shape index (κ1) is 19.1. The number of nitrogens with one attached hydrogen (secondary N) is 1. The Bertz CT molecular complexity index is 848. The van der Waals surface area contributed by atoms with Crippen LogP contribution >= 0.6 is 11.8 Å². The molecule has 1 aliphatic heterocycles. The highest BCUT2D eigenvalue weighted by atomic mass is 32.2. The monoisotopic (exact) mass is 398 g/mol. The molecule has 6 nitrogen and oxygen atoms in total. The van der Waals surface area contributed by atoms with E-state index in [1.165, 1.54) is 0 Å². The van der Waals surface area contributed by atoms with E-state index in [4.69, 9.17) is 9.72 Å². The van der Waals surface area contributed by atoms with Crippen LogP contribution in [0, 0.1) is 5.92 Å². The maximum atomic E-state index is 12.0. The summed E-state index contributed by atoms with van der Waals surface area (Å²) in [5, 5.41) is 3.00. The SMILES string of the molecule is COc1nc(N2CCN(C)CC2)ccc1Sc1cccc(NC(=O)C2CC2)c1. The van der Waals surface area contributed by atoms with Crippen molar-refractivity contribution >= 4 is 29.2 Å². The quantitative estimate of drug-likeness (QED) is 0.805. The van der Waals surface area contributed by atoms with E-state index < -0.39 is 0 Å². The van der Waals surface area contributed by atoms with E-state index in [1.54, 1.807) is 18.9 Å². The molecule has 4 rings (SSSR count). The number of hydrogen-bond acceptors (Lipinski definition) is 6. The van der Waals surface area contributed by atoms with Gasteiger partial charge in [-0.2, -0.15) is 4.98 Å². The van der Waals surface area contributed by atoms with Crippen molar-refractivity contribution in [1.82, 2.24) is 9.88 Å². The summed E-state index contributed by atoms with van der Waals surface area (Å²) in [6.45, 7) is 4.03. The molecule has 2 aliphatic rings. The van der Waals surface area contributed by atoms with Gasteiger partial charge in [0.15, 0.2) is 0 Å². The third-order valence-electron chi connectivity index (χ3n) is 5.11. The van der Waals surface area contributed by atoms with Crippen molar-refractivity contribution in [2.75, 3.05) is 50.6 Å². The number of amides is 1. The lowest BCUT2D eigenvalue weighted by Crippen LogP contribution is -2.44. The number of nitrogens with zero attached hydrogens (tertiary/aromatic N) is 3. The van der Waals surface area contributed by atoms with Crippen molar-refractivity contribution in [3.05, 3.63) is 36.4 Å². The Balaban J connectivity index is 1.47. The number of methoxy groups -OCH3 is 1. The number of likely N-dealkylation sites (N-methyl/N-ethyl adjacent to an activating group) is 1. The molecule has 1 saturated heterocycles. The van der Waals surface area contributed by atoms with Crippen LogP contribution in [0.1, 0.15) is 12.8 Å². The average Bonchev–Trinajstić information content (AvgIpc) is 3.55. The van der Waals surface area contributed by atoms with Gasteiger partial charge < -0.3 is 19.9 Å². The van der Waals surface area contributed by atoms with Gasteiger partial charge in [-0.15, -0.1) is 0 Å². The number of pyridine rings is 1. The normalized spacial score (nSPS) is 17.4. The Kier molecular flexibility index (Phi) is 5.73. The molecule has 1 aromatic heterocycles. The zero-order valence-corrected chi connectivity index (χ0v) is 17.2. The predicted molar refractivity (Wildman–Crippen MR) is 112 cm³/mol. The summed E-state index contributed by atoms with van der Waals surface area (Å²) in [4.78, 5) is 23.4. The molecular formula is C21H26N4O2S. The number of carbonyl (C=O) groups excluding carboxylic acids is 1. The average molecular weight is 399 g/mol. The number of rotatable bonds is 6. The Labute approximate surface area is 170 Å². The van der Waals surface area contributed by atoms with Crippen molar-refractivity contribution in [1.29, 1.82) is 0 Å². The molecule has 148 valence electrons. The lowest BCUT2D eigenvalue weighted by atomic mass is 10.3. The number of hydrogen-bond donors (Lipinski definition) is 1. The summed E-state index contributed by atoms with van der Waals surface area (Å²) in [5.41, 5.74) is 0.836. The molecule has 1 aromatic carbocycles. The van der Waals surface area contributed by atoms with Crippen molar-refractivity contribution in [3.63, 3.8) is 0 Å². The van der Waals surface area contributed by atoms with Crippen LogP contribution in [0.25, 0.3) is 0 Å². The molecule has 1 amide bonds. The van der Waals surface area contributed by atoms with E-state index in [-0.39, 0.29) is 11.8 Å². The summed E-state index contributed by atoms with van der Waals surface area (Å²) < 4.78 is 5.57. The van der Waals surface area contributed by atoms with Gasteiger partial charge in [0.05, 0.1) is 12.0 Å². The second-order valence-electron chi connectivity index (χ2n) is 7.36. The summed E-state index contributed by atoms with van der Waals surface area (Å²) in [6, 6.07) is 12.1. The molecule has 0 spiro atoms. The Hall–Kier alpha value is -2.25. The summed E-state index contributed by atoms with van der Waals surface area (Å²) in [7, 11) is 3.80. The number of carbonyl (C=O) groups is 1. The standard InChI is InChI=1S/C21H26N4O2S/c1-24-10-12-25(13-11-24)19-9-8-18(21(23-19)27-2)28-17-5-3-4-16(14-17)22-20(26)15-6-7-15/h3-5,8-9,14-15H,6-7,10-13H2,1-2H3,(H,22,26). The van der Waals surface area contributed by atoms with E-state index in [9.17, 15) is 4.79 Å². The molecule has 1 aliphatic carbocycles. The Morgan fingerprint density at radius 3 is 2.68 bits per heavy atom. The Morgan fingerprint density at radius 1 is 1.18 bits per heavy atom. The molecule has 2 fully saturated rings. The third-order valence-corrected chi connectivity index (χ3v) is 6.13. The Morgan fingerprint density at radius 2 is 1.96 bits per heavy atom. The zero-order chi connectivity index (χ0) is 19.5. The molecule has 2 heterocycles. The lowest BCUT2D eigenvalue weighted by molar-refractivity contribution is -0.117. The number of piperazine rings is 1. The van der Waals surface area contributed by atoms with Gasteiger partial charge in [-0.3, -0.25) is 4.79 Å². The zero-order valence-electron chi connectivity index (χ0n) is 16.4. The maximum absolute atomic E-state index is 12.0. The fourth-order valence-electron chi connectivity index (χ4n) is 3.21. The van der Waals surface area contributed by atoms with Crippen molar-refractivity contribution in [2.24, 2.45) is 5.92 Å². The summed E-state index contributed by atoms with van der Waals surface area (Å²) in [5.74, 6) is 1.91. The van der Waals surface area contributed by atoms with Crippen molar-refractivity contribution < 1.29 is 9.53 Å². The van der Waals surface area contributed by atoms with Crippen LogP contribution in [-0.4, -0.2) is 56.1 Å². The van der Waals surface area contributed by atoms with Gasteiger partial charge in [-0.1, -0.05) is 17.8 Å². The minimum absolute atomic E-state index is 0.123. The van der Waals surface area contributed by atoms with Gasteiger partial charge in [0.25, 0.3) is 0 Å². The molecule has 0 atom stereocenters. The molecular weight excluding hydrogens is 372 g/mol. The first-order valence-corrected chi connectivity index (χ1v) is 10.5. The number of ether oxygens (including phenoxy) is 1. The van der Waals surface area contributed by atoms with E-state index >= 15 is 0 Å². The van der Waals surface area contributed by atoms with Crippen LogP contribution in [0.3, 0.4) is 0 Å². The highest BCUT2D eigenvalue weighted by molar-refractivity contribution is 7.99. The van der Waals surface area contributed by atoms with Gasteiger partial charge in [-0.05, 0) is 50.2 Å². The maximum Gasteiger partial charge on any atom is 0.229 e. The first-order valence-electron chi connectivity index (χ1n) is 9.69. The van der Waals surface area contributed by atoms with Gasteiger partial charge in [-0.25, -0.2) is 0 Å². The van der Waals surface area contributed by atoms with Crippen molar-refractivity contribution in [3.8, 4) is 5.88 Å². The molecule has 0 unspecified atom stereocenters. The smallest absolute Gasteiger partial charge is 0.229 e. The lowest BCUT2D eigenvalue weighted by Gasteiger charge is -2.33. The van der Waals surface area contributed by atoms with Crippen LogP contribution in [0.4, 0.5) is 11.5 Å². The van der Waals surface area contributed by atoms with Crippen LogP contribution in [0.2, 0.25) is 0 Å². The van der Waals surface area contributed by atoms with Gasteiger partial charge in [0.2, 0.25) is 11.8 Å². The molecule has 1 saturated carbocycles. The molecule has 0 bridgehead atoms. The van der Waals surface area contributed by atoms with Crippen LogP contribution in [0.5, 0.6) is 5.88 Å². The van der Waals surface area contributed by atoms with Crippen LogP contribution < -0.4 is 15.0 Å². The number of aromatic nitrogens is 1. The molecule has 7 heteroatoms. The van der Waals surface area contributed by atoms with E-state index in [0.29, 0.717) is 5.88 Å². The first-order chi connectivity index (χ1) is 13.6. The van der Waals surface area contributed by atoms with Crippen molar-refractivity contribution in [2.45, 2.75) is 22.6 Å². The number of anilines is 2. The third kappa shape index (κ3) is 4.59. The van der Waals surface area contributed by atoms with E-state index in [1.807, 2.05) is 24.3 Å². The topological polar surface area (TPSA) is 57.7 Å². The fraction of sp³-hybridized carbons (Fsp3) is 0.429. The van der Waals surface area contributed by atoms with Crippen LogP contribution in [0.15, 0.2) is 46.2 Å². The fourth-order valence-corrected chi connectivity index (χ4v) is 4.15. The van der Waals surface area contributed by atoms with E-state index in [2.05, 4.69) is 34.3 Å². The van der Waals surface area contributed by atoms with Gasteiger partial charge in [0, 0.05) is 42.7 Å². The second-order valence-corrected chi connectivity index (χ2v) is 8.48. The molecule has 1 N–H and O–H groups in total. The minimum atomic E-state index is 0.123. The molecule has 2 aromatic rings. The second kappa shape index (κ2) is 8.41. The highest BCUT2D eigenvalue weighted by Gasteiger charge is 2.29. The molecule has 0 radical (unpaired) electrons.